The monoisotopic (exact) mass is 416 g/mol. The maximum Gasteiger partial charge on any atom is 0.131 e. The van der Waals surface area contributed by atoms with E-state index in [2.05, 4.69) is 45.7 Å². The number of hydrogen-bond acceptors (Lipinski definition) is 0. The Kier molecular flexibility index (Phi) is 5.55. The van der Waals surface area contributed by atoms with E-state index in [1.165, 1.54) is 17.7 Å². The van der Waals surface area contributed by atoms with Gasteiger partial charge in [0, 0.05) is 10.0 Å². The molecule has 0 fully saturated rings. The van der Waals surface area contributed by atoms with E-state index >= 15 is 0 Å². The number of halogens is 4. The van der Waals surface area contributed by atoms with Crippen molar-refractivity contribution in [2.24, 2.45) is 5.92 Å². The quantitative estimate of drug-likeness (QED) is 0.504. The van der Waals surface area contributed by atoms with Crippen LogP contribution in [0.2, 0.25) is 0 Å². The molecule has 1 unspecified atom stereocenters. The first kappa shape index (κ1) is 16.6. The highest BCUT2D eigenvalue weighted by Gasteiger charge is 2.20. The lowest BCUT2D eigenvalue weighted by Crippen LogP contribution is -2.01. The number of hydrogen-bond donors (Lipinski definition) is 0. The van der Waals surface area contributed by atoms with E-state index in [-0.39, 0.29) is 5.56 Å². The van der Waals surface area contributed by atoms with Crippen molar-refractivity contribution in [3.8, 4) is 0 Å². The van der Waals surface area contributed by atoms with E-state index in [4.69, 9.17) is 0 Å². The minimum absolute atomic E-state index is 0.0369. The van der Waals surface area contributed by atoms with Gasteiger partial charge in [-0.3, -0.25) is 0 Å². The maximum absolute atomic E-state index is 14.0. The molecular weight excluding hydrogens is 402 g/mol. The second-order valence-electron chi connectivity index (χ2n) is 5.49. The molecule has 2 rings (SSSR count). The topological polar surface area (TPSA) is 0 Å². The van der Waals surface area contributed by atoms with E-state index in [0.29, 0.717) is 10.4 Å². The molecule has 21 heavy (non-hydrogen) atoms. The summed E-state index contributed by atoms with van der Waals surface area (Å²) in [6.45, 7) is 4.32. The molecule has 0 radical (unpaired) electrons. The van der Waals surface area contributed by atoms with Gasteiger partial charge in [0.1, 0.15) is 11.6 Å². The largest absolute Gasteiger partial charge is 0.206 e. The van der Waals surface area contributed by atoms with Gasteiger partial charge in [0.25, 0.3) is 0 Å². The van der Waals surface area contributed by atoms with Gasteiger partial charge in [-0.05, 0) is 35.6 Å². The highest BCUT2D eigenvalue weighted by Crippen LogP contribution is 2.35. The Bertz CT molecular complexity index is 598. The summed E-state index contributed by atoms with van der Waals surface area (Å²) in [5, 5.41) is 0. The van der Waals surface area contributed by atoms with E-state index in [1.807, 2.05) is 24.3 Å². The average Bonchev–Trinajstić information content (AvgIpc) is 2.37. The van der Waals surface area contributed by atoms with Crippen molar-refractivity contribution >= 4 is 31.9 Å². The zero-order valence-corrected chi connectivity index (χ0v) is 15.0. The Morgan fingerprint density at radius 2 is 1.52 bits per heavy atom. The van der Waals surface area contributed by atoms with Crippen LogP contribution in [0, 0.1) is 17.6 Å². The van der Waals surface area contributed by atoms with Crippen LogP contribution in [0.1, 0.15) is 35.4 Å². The lowest BCUT2D eigenvalue weighted by molar-refractivity contribution is 0.559. The Balaban J connectivity index is 2.30. The average molecular weight is 418 g/mol. The molecule has 112 valence electrons. The van der Waals surface area contributed by atoms with Gasteiger partial charge >= 0.3 is 0 Å². The molecule has 0 nitrogen and oxygen atoms in total. The summed E-state index contributed by atoms with van der Waals surface area (Å²) in [6, 6.07) is 10.4. The molecule has 2 aromatic carbocycles. The van der Waals surface area contributed by atoms with Crippen LogP contribution in [0.5, 0.6) is 0 Å². The molecule has 0 N–H and O–H groups in total. The Labute approximate surface area is 140 Å². The second-order valence-corrected chi connectivity index (χ2v) is 7.32. The molecule has 0 saturated heterocycles. The van der Waals surface area contributed by atoms with Crippen LogP contribution in [0.4, 0.5) is 8.78 Å². The third-order valence-electron chi connectivity index (χ3n) is 3.21. The van der Waals surface area contributed by atoms with Gasteiger partial charge < -0.3 is 0 Å². The lowest BCUT2D eigenvalue weighted by Gasteiger charge is -2.14. The molecule has 0 aliphatic heterocycles. The van der Waals surface area contributed by atoms with Gasteiger partial charge in [-0.1, -0.05) is 70.0 Å². The molecule has 1 atom stereocenters. The molecule has 2 aromatic rings. The standard InChI is InChI=1S/C17H16Br2F2/c1-10(2)7-11-3-5-12(6-4-11)17(19)16-14(20)8-13(18)9-15(16)21/h3-6,8-10,17H,7H2,1-2H3. The first-order valence-electron chi connectivity index (χ1n) is 6.76. The summed E-state index contributed by atoms with van der Waals surface area (Å²) in [5.41, 5.74) is 2.10. The third-order valence-corrected chi connectivity index (χ3v) is 4.66. The molecule has 0 aliphatic rings. The zero-order valence-electron chi connectivity index (χ0n) is 11.8. The van der Waals surface area contributed by atoms with Crippen LogP contribution < -0.4 is 0 Å². The van der Waals surface area contributed by atoms with Crippen molar-refractivity contribution in [3.05, 3.63) is 69.2 Å². The van der Waals surface area contributed by atoms with Gasteiger partial charge in [0.05, 0.1) is 4.83 Å². The van der Waals surface area contributed by atoms with Crippen molar-refractivity contribution in [3.63, 3.8) is 0 Å². The van der Waals surface area contributed by atoms with E-state index in [9.17, 15) is 8.78 Å². The zero-order chi connectivity index (χ0) is 15.6. The van der Waals surface area contributed by atoms with Gasteiger partial charge in [-0.25, -0.2) is 8.78 Å². The summed E-state index contributed by atoms with van der Waals surface area (Å²) in [7, 11) is 0. The van der Waals surface area contributed by atoms with Crippen LogP contribution in [0.3, 0.4) is 0 Å². The van der Waals surface area contributed by atoms with Crippen LogP contribution in [0.15, 0.2) is 40.9 Å². The minimum atomic E-state index is -0.560. The molecule has 0 saturated carbocycles. The molecule has 4 heteroatoms. The summed E-state index contributed by atoms with van der Waals surface area (Å²) in [6.07, 6.45) is 0.994. The predicted molar refractivity (Wildman–Crippen MR) is 89.8 cm³/mol. The Hall–Kier alpha value is -0.740. The van der Waals surface area contributed by atoms with Crippen LogP contribution in [0.25, 0.3) is 0 Å². The summed E-state index contributed by atoms with van der Waals surface area (Å²) >= 11 is 6.49. The molecule has 0 bridgehead atoms. The fraction of sp³-hybridized carbons (Fsp3) is 0.294. The SMILES string of the molecule is CC(C)Cc1ccc(C(Br)c2c(F)cc(Br)cc2F)cc1. The van der Waals surface area contributed by atoms with Crippen LogP contribution in [-0.4, -0.2) is 0 Å². The van der Waals surface area contributed by atoms with Crippen LogP contribution >= 0.6 is 31.9 Å². The predicted octanol–water partition coefficient (Wildman–Crippen LogP) is 6.41. The molecule has 0 aromatic heterocycles. The number of benzene rings is 2. The fourth-order valence-electron chi connectivity index (χ4n) is 2.26. The normalized spacial score (nSPS) is 12.7. The first-order valence-corrected chi connectivity index (χ1v) is 8.46. The Morgan fingerprint density at radius 1 is 1.00 bits per heavy atom. The van der Waals surface area contributed by atoms with Gasteiger partial charge in [0.2, 0.25) is 0 Å². The van der Waals surface area contributed by atoms with E-state index < -0.39 is 16.5 Å². The minimum Gasteiger partial charge on any atom is -0.206 e. The van der Waals surface area contributed by atoms with Crippen molar-refractivity contribution < 1.29 is 8.78 Å². The van der Waals surface area contributed by atoms with Crippen molar-refractivity contribution in [2.45, 2.75) is 25.1 Å². The van der Waals surface area contributed by atoms with Gasteiger partial charge in [-0.15, -0.1) is 0 Å². The number of alkyl halides is 1. The van der Waals surface area contributed by atoms with Gasteiger partial charge in [-0.2, -0.15) is 0 Å². The fourth-order valence-corrected chi connectivity index (χ4v) is 3.40. The first-order chi connectivity index (χ1) is 9.88. The van der Waals surface area contributed by atoms with Gasteiger partial charge in [0.15, 0.2) is 0 Å². The molecule has 0 amide bonds. The third kappa shape index (κ3) is 4.13. The highest BCUT2D eigenvalue weighted by molar-refractivity contribution is 9.10. The van der Waals surface area contributed by atoms with Crippen molar-refractivity contribution in [1.29, 1.82) is 0 Å². The lowest BCUT2D eigenvalue weighted by atomic mass is 9.99. The smallest absolute Gasteiger partial charge is 0.131 e. The van der Waals surface area contributed by atoms with Crippen LogP contribution in [-0.2, 0) is 6.42 Å². The van der Waals surface area contributed by atoms with E-state index in [1.54, 1.807) is 0 Å². The summed E-state index contributed by atoms with van der Waals surface area (Å²) in [5.74, 6) is -0.540. The van der Waals surface area contributed by atoms with Crippen molar-refractivity contribution in [1.82, 2.24) is 0 Å². The summed E-state index contributed by atoms with van der Waals surface area (Å²) in [4.78, 5) is -0.501. The van der Waals surface area contributed by atoms with E-state index in [0.717, 1.165) is 12.0 Å². The highest BCUT2D eigenvalue weighted by atomic mass is 79.9. The molecular formula is C17H16Br2F2. The maximum atomic E-state index is 14.0. The Morgan fingerprint density at radius 3 is 2.00 bits per heavy atom. The molecule has 0 spiro atoms. The summed E-state index contributed by atoms with van der Waals surface area (Å²) < 4.78 is 28.4. The molecule has 0 heterocycles. The second kappa shape index (κ2) is 7.01. The van der Waals surface area contributed by atoms with Crippen molar-refractivity contribution in [2.75, 3.05) is 0 Å². The number of rotatable bonds is 4. The molecule has 0 aliphatic carbocycles.